The van der Waals surface area contributed by atoms with Crippen LogP contribution in [0, 0.1) is 0 Å². The molecule has 226 valence electrons. The molecule has 0 radical (unpaired) electrons. The van der Waals surface area contributed by atoms with Crippen molar-refractivity contribution in [2.75, 3.05) is 17.1 Å². The zero-order chi connectivity index (χ0) is 31.1. The number of alkyl halides is 3. The van der Waals surface area contributed by atoms with Crippen LogP contribution in [-0.4, -0.2) is 50.0 Å². The molecule has 3 aromatic rings. The minimum Gasteiger partial charge on any atom is -0.352 e. The van der Waals surface area contributed by atoms with Crippen LogP contribution in [0.15, 0.2) is 83.3 Å². The van der Waals surface area contributed by atoms with Crippen molar-refractivity contribution in [2.45, 2.75) is 51.5 Å². The van der Waals surface area contributed by atoms with E-state index in [1.165, 1.54) is 11.0 Å². The van der Waals surface area contributed by atoms with E-state index in [0.29, 0.717) is 22.4 Å². The van der Waals surface area contributed by atoms with Gasteiger partial charge in [-0.05, 0) is 54.8 Å². The van der Waals surface area contributed by atoms with Gasteiger partial charge in [0.15, 0.2) is 0 Å². The average Bonchev–Trinajstić information content (AvgIpc) is 2.93. The molecule has 2 amide bonds. The zero-order valence-electron chi connectivity index (χ0n) is 23.4. The summed E-state index contributed by atoms with van der Waals surface area (Å²) in [5.41, 5.74) is 0.0785. The van der Waals surface area contributed by atoms with Crippen LogP contribution >= 0.6 is 15.9 Å². The molecule has 0 spiro atoms. The van der Waals surface area contributed by atoms with Crippen LogP contribution in [0.4, 0.5) is 18.9 Å². The van der Waals surface area contributed by atoms with Gasteiger partial charge < -0.3 is 10.2 Å². The fourth-order valence-electron chi connectivity index (χ4n) is 4.23. The van der Waals surface area contributed by atoms with Gasteiger partial charge >= 0.3 is 6.18 Å². The molecular formula is C30H33BrF3N3O4S. The fraction of sp³-hybridized carbons (Fsp3) is 0.333. The molecule has 0 heterocycles. The summed E-state index contributed by atoms with van der Waals surface area (Å²) in [6, 6.07) is 18.7. The number of carbonyl (C=O) groups excluding carboxylic acids is 2. The molecule has 1 N–H and O–H groups in total. The summed E-state index contributed by atoms with van der Waals surface area (Å²) in [6.07, 6.45) is -3.13. The molecule has 42 heavy (non-hydrogen) atoms. The van der Waals surface area contributed by atoms with Gasteiger partial charge in [-0.25, -0.2) is 8.42 Å². The first-order chi connectivity index (χ1) is 19.7. The third kappa shape index (κ3) is 9.32. The van der Waals surface area contributed by atoms with Crippen molar-refractivity contribution in [2.24, 2.45) is 0 Å². The molecule has 0 saturated heterocycles. The second kappa shape index (κ2) is 14.2. The number of benzene rings is 3. The van der Waals surface area contributed by atoms with E-state index in [4.69, 9.17) is 0 Å². The third-order valence-electron chi connectivity index (χ3n) is 6.68. The Bertz CT molecular complexity index is 1470. The van der Waals surface area contributed by atoms with Gasteiger partial charge in [0.2, 0.25) is 21.8 Å². The van der Waals surface area contributed by atoms with Crippen LogP contribution in [0.1, 0.15) is 37.0 Å². The van der Waals surface area contributed by atoms with Crippen LogP contribution in [-0.2, 0) is 38.8 Å². The normalized spacial score (nSPS) is 13.2. The highest BCUT2D eigenvalue weighted by Gasteiger charge is 2.35. The summed E-state index contributed by atoms with van der Waals surface area (Å²) in [4.78, 5) is 29.0. The van der Waals surface area contributed by atoms with Crippen molar-refractivity contribution in [1.29, 1.82) is 0 Å². The SMILES string of the molecule is CC[C@@H](C)NC(=O)[C@@H](Cc1ccccc1)N(Cc1ccc(Br)cc1)C(=O)CN(c1cccc(C(F)(F)F)c1)S(C)(=O)=O. The Morgan fingerprint density at radius 3 is 2.17 bits per heavy atom. The number of nitrogens with one attached hydrogen (secondary N) is 1. The summed E-state index contributed by atoms with van der Waals surface area (Å²) in [5, 5.41) is 2.92. The number of halogens is 4. The first kappa shape index (κ1) is 33.1. The van der Waals surface area contributed by atoms with Gasteiger partial charge in [0.25, 0.3) is 0 Å². The second-order valence-corrected chi connectivity index (χ2v) is 12.8. The molecule has 0 fully saturated rings. The maximum atomic E-state index is 14.0. The number of amides is 2. The molecule has 12 heteroatoms. The smallest absolute Gasteiger partial charge is 0.352 e. The maximum absolute atomic E-state index is 14.0. The molecule has 2 atom stereocenters. The number of hydrogen-bond donors (Lipinski definition) is 1. The van der Waals surface area contributed by atoms with E-state index in [-0.39, 0.29) is 24.7 Å². The fourth-order valence-corrected chi connectivity index (χ4v) is 5.34. The number of carbonyl (C=O) groups is 2. The van der Waals surface area contributed by atoms with Crippen molar-refractivity contribution in [3.63, 3.8) is 0 Å². The van der Waals surface area contributed by atoms with Crippen molar-refractivity contribution in [3.05, 3.63) is 100 Å². The molecule has 0 aliphatic heterocycles. The highest BCUT2D eigenvalue weighted by molar-refractivity contribution is 9.10. The van der Waals surface area contributed by atoms with E-state index in [1.54, 1.807) is 36.4 Å². The Morgan fingerprint density at radius 1 is 0.952 bits per heavy atom. The zero-order valence-corrected chi connectivity index (χ0v) is 25.8. The van der Waals surface area contributed by atoms with Crippen LogP contribution in [0.3, 0.4) is 0 Å². The third-order valence-corrected chi connectivity index (χ3v) is 8.35. The van der Waals surface area contributed by atoms with Crippen molar-refractivity contribution in [3.8, 4) is 0 Å². The lowest BCUT2D eigenvalue weighted by molar-refractivity contribution is -0.140. The minimum absolute atomic E-state index is 0.0439. The standard InChI is InChI=1S/C30H33BrF3N3O4S/c1-4-21(2)35-29(39)27(17-22-9-6-5-7-10-22)36(19-23-13-15-25(31)16-14-23)28(38)20-37(42(3,40)41)26-12-8-11-24(18-26)30(32,33)34/h5-16,18,21,27H,4,17,19-20H2,1-3H3,(H,35,39)/t21-,27-/m1/s1. The molecule has 7 nitrogen and oxygen atoms in total. The Labute approximate surface area is 252 Å². The Morgan fingerprint density at radius 2 is 1.60 bits per heavy atom. The van der Waals surface area contributed by atoms with Gasteiger partial charge in [-0.2, -0.15) is 13.2 Å². The van der Waals surface area contributed by atoms with Gasteiger partial charge in [0, 0.05) is 23.5 Å². The Hall–Kier alpha value is -3.38. The number of nitrogens with zero attached hydrogens (tertiary/aromatic N) is 2. The van der Waals surface area contributed by atoms with Crippen LogP contribution in [0.2, 0.25) is 0 Å². The summed E-state index contributed by atoms with van der Waals surface area (Å²) < 4.78 is 67.4. The van der Waals surface area contributed by atoms with E-state index in [0.717, 1.165) is 28.4 Å². The average molecular weight is 669 g/mol. The molecule has 0 unspecified atom stereocenters. The Balaban J connectivity index is 2.08. The molecule has 3 aromatic carbocycles. The van der Waals surface area contributed by atoms with Gasteiger partial charge in [-0.3, -0.25) is 13.9 Å². The molecule has 0 saturated carbocycles. The van der Waals surface area contributed by atoms with Crippen LogP contribution in [0.5, 0.6) is 0 Å². The van der Waals surface area contributed by atoms with Gasteiger partial charge in [0.05, 0.1) is 17.5 Å². The second-order valence-electron chi connectivity index (χ2n) is 9.99. The molecule has 0 bridgehead atoms. The molecule has 0 aliphatic carbocycles. The topological polar surface area (TPSA) is 86.8 Å². The summed E-state index contributed by atoms with van der Waals surface area (Å²) in [5.74, 6) is -1.18. The maximum Gasteiger partial charge on any atom is 0.416 e. The van der Waals surface area contributed by atoms with Gasteiger partial charge in [0.1, 0.15) is 12.6 Å². The lowest BCUT2D eigenvalue weighted by Gasteiger charge is -2.34. The lowest BCUT2D eigenvalue weighted by Crippen LogP contribution is -2.54. The van der Waals surface area contributed by atoms with E-state index >= 15 is 0 Å². The minimum atomic E-state index is -4.72. The predicted molar refractivity (Wildman–Crippen MR) is 160 cm³/mol. The van der Waals surface area contributed by atoms with E-state index in [9.17, 15) is 31.2 Å². The number of sulfonamides is 1. The predicted octanol–water partition coefficient (Wildman–Crippen LogP) is 5.79. The summed E-state index contributed by atoms with van der Waals surface area (Å²) in [7, 11) is -4.20. The summed E-state index contributed by atoms with van der Waals surface area (Å²) in [6.45, 7) is 2.88. The first-order valence-corrected chi connectivity index (χ1v) is 15.9. The monoisotopic (exact) mass is 667 g/mol. The van der Waals surface area contributed by atoms with Gasteiger partial charge in [-0.1, -0.05) is 71.4 Å². The van der Waals surface area contributed by atoms with Crippen molar-refractivity contribution in [1.82, 2.24) is 10.2 Å². The van der Waals surface area contributed by atoms with Crippen molar-refractivity contribution >= 4 is 43.5 Å². The first-order valence-electron chi connectivity index (χ1n) is 13.2. The van der Waals surface area contributed by atoms with E-state index in [2.05, 4.69) is 21.2 Å². The van der Waals surface area contributed by atoms with Gasteiger partial charge in [-0.15, -0.1) is 0 Å². The number of rotatable bonds is 12. The lowest BCUT2D eigenvalue weighted by atomic mass is 10.0. The van der Waals surface area contributed by atoms with E-state index < -0.39 is 46.2 Å². The van der Waals surface area contributed by atoms with Crippen LogP contribution in [0.25, 0.3) is 0 Å². The molecule has 0 aliphatic rings. The largest absolute Gasteiger partial charge is 0.416 e. The van der Waals surface area contributed by atoms with Crippen molar-refractivity contribution < 1.29 is 31.2 Å². The number of anilines is 1. The molecule has 0 aromatic heterocycles. The van der Waals surface area contributed by atoms with E-state index in [1.807, 2.05) is 32.0 Å². The molecular weight excluding hydrogens is 635 g/mol. The number of hydrogen-bond acceptors (Lipinski definition) is 4. The van der Waals surface area contributed by atoms with Crippen LogP contribution < -0.4 is 9.62 Å². The highest BCUT2D eigenvalue weighted by Crippen LogP contribution is 2.32. The Kier molecular flexibility index (Phi) is 11.2. The molecule has 3 rings (SSSR count). The quantitative estimate of drug-likeness (QED) is 0.265. The highest BCUT2D eigenvalue weighted by atomic mass is 79.9. The summed E-state index contributed by atoms with van der Waals surface area (Å²) >= 11 is 3.37.